The minimum absolute atomic E-state index is 0.0319. The van der Waals surface area contributed by atoms with E-state index in [1.807, 2.05) is 0 Å². The second kappa shape index (κ2) is 4.48. The smallest absolute Gasteiger partial charge is 0.302 e. The molecule has 1 aromatic heterocycles. The molecule has 0 aliphatic heterocycles. The molecule has 1 aromatic rings. The summed E-state index contributed by atoms with van der Waals surface area (Å²) in [5.74, 6) is 0. The number of rotatable bonds is 4. The Hall–Kier alpha value is -0.740. The Morgan fingerprint density at radius 3 is 2.69 bits per heavy atom. The molecular formula is C7H10NO4P. The van der Waals surface area contributed by atoms with Crippen molar-refractivity contribution in [1.29, 1.82) is 0 Å². The van der Waals surface area contributed by atoms with Gasteiger partial charge in [-0.3, -0.25) is 14.0 Å². The summed E-state index contributed by atoms with van der Waals surface area (Å²) in [7, 11) is -2.74. The Morgan fingerprint density at radius 1 is 1.54 bits per heavy atom. The summed E-state index contributed by atoms with van der Waals surface area (Å²) in [5, 5.41) is 0. The molecule has 0 fully saturated rings. The third kappa shape index (κ3) is 3.65. The number of nitrogens with zero attached hydrogens (tertiary/aromatic N) is 1. The maximum atomic E-state index is 10.9. The molecule has 6 heteroatoms. The highest BCUT2D eigenvalue weighted by molar-refractivity contribution is 7.47. The molecule has 72 valence electrons. The highest BCUT2D eigenvalue weighted by atomic mass is 31.2. The standard InChI is InChI=1S/C7H10NO4P/c1-11-13(9,10)12-6-7-2-4-8-5-3-7/h2-5H,6H2,1H3,(H,9,10). The van der Waals surface area contributed by atoms with Gasteiger partial charge in [0.2, 0.25) is 0 Å². The van der Waals surface area contributed by atoms with E-state index in [1.54, 1.807) is 24.5 Å². The Morgan fingerprint density at radius 2 is 2.15 bits per heavy atom. The number of pyridine rings is 1. The second-order valence-corrected chi connectivity index (χ2v) is 3.84. The van der Waals surface area contributed by atoms with E-state index in [0.717, 1.165) is 12.7 Å². The summed E-state index contributed by atoms with van der Waals surface area (Å²) in [6, 6.07) is 3.38. The second-order valence-electron chi connectivity index (χ2n) is 2.28. The first-order valence-electron chi connectivity index (χ1n) is 3.56. The van der Waals surface area contributed by atoms with Gasteiger partial charge in [0.1, 0.15) is 0 Å². The Kier molecular flexibility index (Phi) is 3.57. The molecule has 0 radical (unpaired) electrons. The molecule has 13 heavy (non-hydrogen) atoms. The lowest BCUT2D eigenvalue weighted by Crippen LogP contribution is -1.92. The van der Waals surface area contributed by atoms with Gasteiger partial charge in [0.15, 0.2) is 0 Å². The fourth-order valence-electron chi connectivity index (χ4n) is 0.688. The number of hydrogen-bond acceptors (Lipinski definition) is 4. The molecule has 0 saturated carbocycles. The van der Waals surface area contributed by atoms with Crippen molar-refractivity contribution in [3.63, 3.8) is 0 Å². The van der Waals surface area contributed by atoms with Crippen LogP contribution in [0.25, 0.3) is 0 Å². The molecule has 1 atom stereocenters. The maximum absolute atomic E-state index is 10.9. The molecule has 1 N–H and O–H groups in total. The molecule has 0 aliphatic rings. The van der Waals surface area contributed by atoms with Crippen LogP contribution in [0.5, 0.6) is 0 Å². The van der Waals surface area contributed by atoms with Crippen LogP contribution in [0.1, 0.15) is 5.56 Å². The van der Waals surface area contributed by atoms with Crippen molar-refractivity contribution in [2.45, 2.75) is 6.61 Å². The van der Waals surface area contributed by atoms with Crippen molar-refractivity contribution >= 4 is 7.82 Å². The van der Waals surface area contributed by atoms with Gasteiger partial charge >= 0.3 is 7.82 Å². The first-order chi connectivity index (χ1) is 6.14. The zero-order valence-corrected chi connectivity index (χ0v) is 7.98. The van der Waals surface area contributed by atoms with Crippen molar-refractivity contribution < 1.29 is 18.5 Å². The van der Waals surface area contributed by atoms with Crippen molar-refractivity contribution in [1.82, 2.24) is 4.98 Å². The van der Waals surface area contributed by atoms with Gasteiger partial charge in [-0.05, 0) is 17.7 Å². The van der Waals surface area contributed by atoms with Gasteiger partial charge in [-0.1, -0.05) is 0 Å². The fourth-order valence-corrected chi connectivity index (χ4v) is 1.11. The summed E-state index contributed by atoms with van der Waals surface area (Å²) >= 11 is 0. The van der Waals surface area contributed by atoms with E-state index >= 15 is 0 Å². The first-order valence-corrected chi connectivity index (χ1v) is 5.05. The van der Waals surface area contributed by atoms with Crippen LogP contribution < -0.4 is 0 Å². The van der Waals surface area contributed by atoms with E-state index < -0.39 is 7.82 Å². The highest BCUT2D eigenvalue weighted by Crippen LogP contribution is 2.42. The van der Waals surface area contributed by atoms with Crippen LogP contribution in [0.4, 0.5) is 0 Å². The molecule has 0 aliphatic carbocycles. The topological polar surface area (TPSA) is 68.7 Å². The van der Waals surface area contributed by atoms with Crippen LogP contribution in [-0.2, 0) is 20.2 Å². The minimum atomic E-state index is -3.86. The van der Waals surface area contributed by atoms with Crippen molar-refractivity contribution in [3.8, 4) is 0 Å². The van der Waals surface area contributed by atoms with Crippen molar-refractivity contribution in [2.24, 2.45) is 0 Å². The zero-order chi connectivity index (χ0) is 9.73. The van der Waals surface area contributed by atoms with E-state index in [9.17, 15) is 4.57 Å². The molecule has 0 aromatic carbocycles. The number of phosphoric acid groups is 1. The van der Waals surface area contributed by atoms with Gasteiger partial charge in [0.05, 0.1) is 6.61 Å². The Balaban J connectivity index is 2.49. The highest BCUT2D eigenvalue weighted by Gasteiger charge is 2.17. The largest absolute Gasteiger partial charge is 0.472 e. The molecule has 1 unspecified atom stereocenters. The third-order valence-corrected chi connectivity index (χ3v) is 2.29. The molecule has 0 saturated heterocycles. The van der Waals surface area contributed by atoms with E-state index in [0.29, 0.717) is 0 Å². The monoisotopic (exact) mass is 203 g/mol. The maximum Gasteiger partial charge on any atom is 0.472 e. The van der Waals surface area contributed by atoms with Crippen molar-refractivity contribution in [2.75, 3.05) is 7.11 Å². The number of aromatic nitrogens is 1. The predicted molar refractivity (Wildman–Crippen MR) is 45.9 cm³/mol. The molecular weight excluding hydrogens is 193 g/mol. The normalized spacial score (nSPS) is 15.2. The predicted octanol–water partition coefficient (Wildman–Crippen LogP) is 1.34. The molecule has 5 nitrogen and oxygen atoms in total. The zero-order valence-electron chi connectivity index (χ0n) is 7.08. The van der Waals surface area contributed by atoms with E-state index in [1.165, 1.54) is 0 Å². The van der Waals surface area contributed by atoms with E-state index in [4.69, 9.17) is 4.89 Å². The van der Waals surface area contributed by atoms with Crippen LogP contribution in [-0.4, -0.2) is 17.0 Å². The van der Waals surface area contributed by atoms with E-state index in [2.05, 4.69) is 14.0 Å². The van der Waals surface area contributed by atoms with Gasteiger partial charge in [0, 0.05) is 19.5 Å². The number of hydrogen-bond donors (Lipinski definition) is 1. The molecule has 0 spiro atoms. The lowest BCUT2D eigenvalue weighted by Gasteiger charge is -2.08. The lowest BCUT2D eigenvalue weighted by molar-refractivity contribution is 0.166. The molecule has 1 rings (SSSR count). The average molecular weight is 203 g/mol. The minimum Gasteiger partial charge on any atom is -0.302 e. The SMILES string of the molecule is COP(=O)(O)OCc1ccncc1. The fraction of sp³-hybridized carbons (Fsp3) is 0.286. The van der Waals surface area contributed by atoms with Crippen LogP contribution in [0.2, 0.25) is 0 Å². The Labute approximate surface area is 76.0 Å². The van der Waals surface area contributed by atoms with Gasteiger partial charge in [-0.25, -0.2) is 4.57 Å². The van der Waals surface area contributed by atoms with E-state index in [-0.39, 0.29) is 6.61 Å². The average Bonchev–Trinajstić information content (AvgIpc) is 2.17. The summed E-state index contributed by atoms with van der Waals surface area (Å²) < 4.78 is 19.7. The van der Waals surface area contributed by atoms with Crippen LogP contribution in [0.3, 0.4) is 0 Å². The lowest BCUT2D eigenvalue weighted by atomic mass is 10.3. The summed E-state index contributed by atoms with van der Waals surface area (Å²) in [6.45, 7) is 0.0319. The molecule has 1 heterocycles. The van der Waals surface area contributed by atoms with Gasteiger partial charge in [-0.2, -0.15) is 0 Å². The Bertz CT molecular complexity index is 303. The summed E-state index contributed by atoms with van der Waals surface area (Å²) in [6.07, 6.45) is 3.15. The quantitative estimate of drug-likeness (QED) is 0.748. The van der Waals surface area contributed by atoms with Gasteiger partial charge in [0.25, 0.3) is 0 Å². The van der Waals surface area contributed by atoms with Crippen molar-refractivity contribution in [3.05, 3.63) is 30.1 Å². The molecule has 0 amide bonds. The van der Waals surface area contributed by atoms with Crippen LogP contribution >= 0.6 is 7.82 Å². The van der Waals surface area contributed by atoms with Gasteiger partial charge in [-0.15, -0.1) is 0 Å². The van der Waals surface area contributed by atoms with Crippen LogP contribution in [0, 0.1) is 0 Å². The van der Waals surface area contributed by atoms with Crippen LogP contribution in [0.15, 0.2) is 24.5 Å². The first kappa shape index (κ1) is 10.3. The third-order valence-electron chi connectivity index (χ3n) is 1.37. The summed E-state index contributed by atoms with van der Waals surface area (Å²) in [4.78, 5) is 12.7. The van der Waals surface area contributed by atoms with Gasteiger partial charge < -0.3 is 4.89 Å². The number of phosphoric ester groups is 1. The summed E-state index contributed by atoms with van der Waals surface area (Å²) in [5.41, 5.74) is 0.765. The molecule has 0 bridgehead atoms.